The zero-order valence-corrected chi connectivity index (χ0v) is 7.28. The molecule has 0 aromatic carbocycles. The molecule has 0 N–H and O–H groups in total. The number of allylic oxidation sites excluding steroid dienone is 4. The number of carbonyl (C=O) groups is 2. The molecule has 0 saturated heterocycles. The van der Waals surface area contributed by atoms with Gasteiger partial charge in [0.1, 0.15) is 6.29 Å². The summed E-state index contributed by atoms with van der Waals surface area (Å²) in [5.74, 6) is -0.283. The highest BCUT2D eigenvalue weighted by Gasteiger charge is 2.32. The molecule has 1 atom stereocenters. The van der Waals surface area contributed by atoms with Crippen molar-refractivity contribution in [2.75, 3.05) is 0 Å². The minimum absolute atomic E-state index is 0.00889. The van der Waals surface area contributed by atoms with Gasteiger partial charge in [0.15, 0.2) is 5.78 Å². The Morgan fingerprint density at radius 3 is 2.58 bits per heavy atom. The number of aldehydes is 1. The molecular formula is C10H12O2. The van der Waals surface area contributed by atoms with E-state index in [0.717, 1.165) is 6.29 Å². The monoisotopic (exact) mass is 164 g/mol. The van der Waals surface area contributed by atoms with Gasteiger partial charge >= 0.3 is 0 Å². The average molecular weight is 164 g/mol. The SMILES string of the molecule is CC(C)(C=O)C1C=CC=CC1=O. The lowest BCUT2D eigenvalue weighted by atomic mass is 9.76. The Labute approximate surface area is 72.0 Å². The van der Waals surface area contributed by atoms with E-state index in [1.807, 2.05) is 0 Å². The molecule has 0 aliphatic heterocycles. The fourth-order valence-electron chi connectivity index (χ4n) is 1.21. The van der Waals surface area contributed by atoms with Crippen molar-refractivity contribution in [2.45, 2.75) is 13.8 Å². The minimum Gasteiger partial charge on any atom is -0.303 e. The lowest BCUT2D eigenvalue weighted by molar-refractivity contribution is -0.126. The Morgan fingerprint density at radius 1 is 1.42 bits per heavy atom. The Bertz CT molecular complexity index is 259. The molecule has 1 aliphatic carbocycles. The molecular weight excluding hydrogens is 152 g/mol. The van der Waals surface area contributed by atoms with Crippen molar-refractivity contribution in [1.29, 1.82) is 0 Å². The third-order valence-electron chi connectivity index (χ3n) is 2.09. The first-order valence-corrected chi connectivity index (χ1v) is 3.93. The zero-order chi connectivity index (χ0) is 9.19. The van der Waals surface area contributed by atoms with Gasteiger partial charge in [-0.2, -0.15) is 0 Å². The van der Waals surface area contributed by atoms with E-state index >= 15 is 0 Å². The van der Waals surface area contributed by atoms with Crippen molar-refractivity contribution in [3.8, 4) is 0 Å². The summed E-state index contributed by atoms with van der Waals surface area (Å²) < 4.78 is 0. The molecule has 0 amide bonds. The first kappa shape index (κ1) is 8.91. The Hall–Kier alpha value is -1.18. The largest absolute Gasteiger partial charge is 0.303 e. The Kier molecular flexibility index (Phi) is 2.27. The lowest BCUT2D eigenvalue weighted by Gasteiger charge is -2.25. The molecule has 64 valence electrons. The summed E-state index contributed by atoms with van der Waals surface area (Å²) in [6, 6.07) is 0. The van der Waals surface area contributed by atoms with Gasteiger partial charge in [0.2, 0.25) is 0 Å². The number of hydrogen-bond donors (Lipinski definition) is 0. The van der Waals surface area contributed by atoms with Crippen molar-refractivity contribution in [3.05, 3.63) is 24.3 Å². The molecule has 0 fully saturated rings. The number of rotatable bonds is 2. The van der Waals surface area contributed by atoms with Gasteiger partial charge in [-0.3, -0.25) is 4.79 Å². The maximum absolute atomic E-state index is 11.3. The van der Waals surface area contributed by atoms with Crippen LogP contribution < -0.4 is 0 Å². The second kappa shape index (κ2) is 3.05. The van der Waals surface area contributed by atoms with Gasteiger partial charge in [-0.25, -0.2) is 0 Å². The van der Waals surface area contributed by atoms with Crippen LogP contribution in [0.2, 0.25) is 0 Å². The van der Waals surface area contributed by atoms with Crippen LogP contribution in [0.4, 0.5) is 0 Å². The highest BCUT2D eigenvalue weighted by molar-refractivity contribution is 5.96. The van der Waals surface area contributed by atoms with Crippen LogP contribution in [0.1, 0.15) is 13.8 Å². The number of ketones is 1. The second-order valence-electron chi connectivity index (χ2n) is 3.56. The van der Waals surface area contributed by atoms with E-state index in [4.69, 9.17) is 0 Å². The van der Waals surface area contributed by atoms with E-state index in [2.05, 4.69) is 0 Å². The van der Waals surface area contributed by atoms with Crippen molar-refractivity contribution >= 4 is 12.1 Å². The summed E-state index contributed by atoms with van der Waals surface area (Å²) in [5.41, 5.74) is -0.585. The summed E-state index contributed by atoms with van der Waals surface area (Å²) in [6.07, 6.45) is 7.61. The van der Waals surface area contributed by atoms with Crippen molar-refractivity contribution in [1.82, 2.24) is 0 Å². The quantitative estimate of drug-likeness (QED) is 0.580. The topological polar surface area (TPSA) is 34.1 Å². The summed E-state index contributed by atoms with van der Waals surface area (Å²) in [5, 5.41) is 0. The molecule has 1 aliphatic rings. The maximum Gasteiger partial charge on any atom is 0.163 e. The van der Waals surface area contributed by atoms with Crippen LogP contribution in [0.15, 0.2) is 24.3 Å². The predicted octanol–water partition coefficient (Wildman–Crippen LogP) is 1.52. The molecule has 0 aromatic rings. The van der Waals surface area contributed by atoms with E-state index in [9.17, 15) is 9.59 Å². The van der Waals surface area contributed by atoms with Crippen molar-refractivity contribution in [3.63, 3.8) is 0 Å². The van der Waals surface area contributed by atoms with Gasteiger partial charge in [0.05, 0.1) is 5.92 Å². The summed E-state index contributed by atoms with van der Waals surface area (Å²) >= 11 is 0. The first-order valence-electron chi connectivity index (χ1n) is 3.93. The zero-order valence-electron chi connectivity index (χ0n) is 7.28. The first-order chi connectivity index (χ1) is 5.58. The van der Waals surface area contributed by atoms with Crippen LogP contribution in [0.5, 0.6) is 0 Å². The van der Waals surface area contributed by atoms with Crippen LogP contribution in [0, 0.1) is 11.3 Å². The smallest absolute Gasteiger partial charge is 0.163 e. The maximum atomic E-state index is 11.3. The van der Waals surface area contributed by atoms with E-state index < -0.39 is 5.41 Å². The third-order valence-corrected chi connectivity index (χ3v) is 2.09. The molecule has 0 aromatic heterocycles. The van der Waals surface area contributed by atoms with Gasteiger partial charge in [-0.15, -0.1) is 0 Å². The van der Waals surface area contributed by atoms with Crippen LogP contribution in [-0.2, 0) is 9.59 Å². The Balaban J connectivity index is 2.89. The molecule has 2 nitrogen and oxygen atoms in total. The predicted molar refractivity (Wildman–Crippen MR) is 46.6 cm³/mol. The molecule has 2 heteroatoms. The van der Waals surface area contributed by atoms with Crippen LogP contribution >= 0.6 is 0 Å². The van der Waals surface area contributed by atoms with Crippen molar-refractivity contribution in [2.24, 2.45) is 11.3 Å². The molecule has 0 radical (unpaired) electrons. The van der Waals surface area contributed by atoms with Gasteiger partial charge in [0, 0.05) is 5.41 Å². The normalized spacial score (nSPS) is 22.8. The highest BCUT2D eigenvalue weighted by atomic mass is 16.1. The van der Waals surface area contributed by atoms with Gasteiger partial charge in [0.25, 0.3) is 0 Å². The van der Waals surface area contributed by atoms with Gasteiger partial charge in [-0.05, 0) is 6.08 Å². The molecule has 0 spiro atoms. The number of carbonyl (C=O) groups excluding carboxylic acids is 2. The number of hydrogen-bond acceptors (Lipinski definition) is 2. The summed E-state index contributed by atoms with van der Waals surface area (Å²) in [6.45, 7) is 3.54. The minimum atomic E-state index is -0.585. The summed E-state index contributed by atoms with van der Waals surface area (Å²) in [7, 11) is 0. The lowest BCUT2D eigenvalue weighted by Crippen LogP contribution is -2.30. The molecule has 0 bridgehead atoms. The second-order valence-corrected chi connectivity index (χ2v) is 3.56. The molecule has 0 saturated carbocycles. The molecule has 12 heavy (non-hydrogen) atoms. The van der Waals surface area contributed by atoms with Crippen LogP contribution in [0.3, 0.4) is 0 Å². The van der Waals surface area contributed by atoms with E-state index in [0.29, 0.717) is 0 Å². The fraction of sp³-hybridized carbons (Fsp3) is 0.400. The molecule has 1 unspecified atom stereocenters. The van der Waals surface area contributed by atoms with Crippen LogP contribution in [-0.4, -0.2) is 12.1 Å². The summed E-state index contributed by atoms with van der Waals surface area (Å²) in [4.78, 5) is 22.0. The van der Waals surface area contributed by atoms with Gasteiger partial charge < -0.3 is 4.79 Å². The van der Waals surface area contributed by atoms with Gasteiger partial charge in [-0.1, -0.05) is 32.1 Å². The molecule has 1 rings (SSSR count). The van der Waals surface area contributed by atoms with E-state index in [1.54, 1.807) is 32.1 Å². The van der Waals surface area contributed by atoms with E-state index in [1.165, 1.54) is 6.08 Å². The highest BCUT2D eigenvalue weighted by Crippen LogP contribution is 2.28. The average Bonchev–Trinajstić information content (AvgIpc) is 2.05. The Morgan fingerprint density at radius 2 is 2.08 bits per heavy atom. The fourth-order valence-corrected chi connectivity index (χ4v) is 1.21. The van der Waals surface area contributed by atoms with E-state index in [-0.39, 0.29) is 11.7 Å². The van der Waals surface area contributed by atoms with Crippen LogP contribution in [0.25, 0.3) is 0 Å². The molecule has 0 heterocycles. The van der Waals surface area contributed by atoms with Crippen molar-refractivity contribution < 1.29 is 9.59 Å². The standard InChI is InChI=1S/C10H12O2/c1-10(2,7-11)8-5-3-4-6-9(8)12/h3-8H,1-2H3. The third kappa shape index (κ3) is 1.52.